The van der Waals surface area contributed by atoms with Crippen molar-refractivity contribution in [3.05, 3.63) is 0 Å². The topological polar surface area (TPSA) is 93.1 Å². The maximum Gasteiger partial charge on any atom is 0.364 e. The molecular weight excluding hydrogens is 600 g/mol. The summed E-state index contributed by atoms with van der Waals surface area (Å²) in [5.41, 5.74) is 0. The van der Waals surface area contributed by atoms with Crippen molar-refractivity contribution in [1.82, 2.24) is 0 Å². The molecule has 0 spiro atoms. The monoisotopic (exact) mass is 685 g/mol. The van der Waals surface area contributed by atoms with Gasteiger partial charge in [0.15, 0.2) is 0 Å². The van der Waals surface area contributed by atoms with Gasteiger partial charge in [0, 0.05) is 12.8 Å². The summed E-state index contributed by atoms with van der Waals surface area (Å²) in [4.78, 5) is 22.1. The summed E-state index contributed by atoms with van der Waals surface area (Å²) in [5.74, 6) is -3.16. The van der Waals surface area contributed by atoms with Crippen molar-refractivity contribution < 1.29 is 29.3 Å². The number of hydrogen-bond donors (Lipinski definition) is 2. The van der Waals surface area contributed by atoms with E-state index in [9.17, 15) is 14.7 Å². The quantitative estimate of drug-likeness (QED) is 0.0504. The number of carbonyl (C=O) groups is 2. The van der Waals surface area contributed by atoms with Crippen molar-refractivity contribution in [2.45, 2.75) is 259 Å². The number of carboxylic acids is 2. The molecule has 0 aliphatic carbocycles. The first-order valence-electron chi connectivity index (χ1n) is 20.9. The van der Waals surface area contributed by atoms with Gasteiger partial charge in [0.2, 0.25) is 0 Å². The Kier molecular flexibility index (Phi) is 37.9. The van der Waals surface area contributed by atoms with E-state index in [0.29, 0.717) is 12.8 Å². The first-order chi connectivity index (χ1) is 23.1. The first kappa shape index (κ1) is 49.0. The highest BCUT2D eigenvalue weighted by Gasteiger charge is 2.42. The molecular formula is C42H84O6. The lowest BCUT2D eigenvalue weighted by Crippen LogP contribution is -2.47. The minimum absolute atomic E-state index is 0.179. The summed E-state index contributed by atoms with van der Waals surface area (Å²) in [5, 5.41) is 18.2. The highest BCUT2D eigenvalue weighted by atomic mass is 16.7. The van der Waals surface area contributed by atoms with Gasteiger partial charge in [-0.15, -0.1) is 0 Å². The normalized spacial score (nSPS) is 11.7. The molecule has 0 aromatic rings. The van der Waals surface area contributed by atoms with Gasteiger partial charge in [0.05, 0.1) is 12.2 Å². The van der Waals surface area contributed by atoms with E-state index in [-0.39, 0.29) is 12.2 Å². The van der Waals surface area contributed by atoms with Crippen LogP contribution in [0.15, 0.2) is 0 Å². The maximum atomic E-state index is 11.8. The molecule has 0 radical (unpaired) electrons. The fourth-order valence-electron chi connectivity index (χ4n) is 6.31. The van der Waals surface area contributed by atoms with Crippen molar-refractivity contribution in [1.29, 1.82) is 0 Å². The number of aliphatic carboxylic acids is 2. The van der Waals surface area contributed by atoms with Crippen LogP contribution in [0, 0.1) is 0 Å². The molecule has 0 rings (SSSR count). The number of unbranched alkanes of at least 4 members (excludes halogenated alkanes) is 27. The maximum absolute atomic E-state index is 11.8. The molecule has 0 atom stereocenters. The summed E-state index contributed by atoms with van der Waals surface area (Å²) in [6.45, 7) is 12.0. The molecule has 0 aromatic carbocycles. The van der Waals surface area contributed by atoms with Gasteiger partial charge in [0.25, 0.3) is 5.79 Å². The van der Waals surface area contributed by atoms with Gasteiger partial charge in [-0.05, 0) is 40.5 Å². The molecule has 6 nitrogen and oxygen atoms in total. The average molecular weight is 685 g/mol. The van der Waals surface area contributed by atoms with Crippen LogP contribution >= 0.6 is 0 Å². The van der Waals surface area contributed by atoms with Gasteiger partial charge in [0.1, 0.15) is 0 Å². The van der Waals surface area contributed by atoms with Crippen LogP contribution in [-0.4, -0.2) is 40.1 Å². The van der Waals surface area contributed by atoms with Crippen LogP contribution < -0.4 is 0 Å². The molecule has 0 saturated carbocycles. The van der Waals surface area contributed by atoms with E-state index >= 15 is 0 Å². The predicted octanol–water partition coefficient (Wildman–Crippen LogP) is 13.8. The summed E-state index contributed by atoms with van der Waals surface area (Å²) in [7, 11) is 0. The van der Waals surface area contributed by atoms with E-state index in [4.69, 9.17) is 14.6 Å². The van der Waals surface area contributed by atoms with Gasteiger partial charge in [-0.25, -0.2) is 4.79 Å². The Bertz CT molecular complexity index is 667. The van der Waals surface area contributed by atoms with E-state index in [1.807, 2.05) is 27.7 Å². The zero-order valence-electron chi connectivity index (χ0n) is 33.1. The molecule has 0 heterocycles. The van der Waals surface area contributed by atoms with Gasteiger partial charge in [-0.2, -0.15) is 0 Å². The van der Waals surface area contributed by atoms with Crippen LogP contribution in [0.5, 0.6) is 0 Å². The van der Waals surface area contributed by atoms with E-state index < -0.39 is 17.7 Å². The standard InChI is InChI=1S/C24H48O4.C18H36O2/c1-6-7-8-9-10-11-12-13-14-15-16-17-18-19-20-24(23(25)26,27-21(2)3)28-22(4)5;1-2-3-4-5-6-7-8-9-10-11-12-13-14-15-16-17-18(19)20/h21-22H,6-20H2,1-5H3,(H,25,26);2-17H2,1H3,(H,19,20). The van der Waals surface area contributed by atoms with Gasteiger partial charge < -0.3 is 19.7 Å². The third kappa shape index (κ3) is 36.1. The Labute approximate surface area is 299 Å². The SMILES string of the molecule is CCCCCCCCCCCCCCCCC(OC(C)C)(OC(C)C)C(=O)O.CCCCCCCCCCCCCCCCCC(=O)O. The molecule has 0 unspecified atom stereocenters. The molecule has 0 amide bonds. The lowest BCUT2D eigenvalue weighted by atomic mass is 10.0. The van der Waals surface area contributed by atoms with Gasteiger partial charge in [-0.3, -0.25) is 4.79 Å². The number of carboxylic acid groups (broad SMARTS) is 2. The van der Waals surface area contributed by atoms with Gasteiger partial charge in [-0.1, -0.05) is 187 Å². The summed E-state index contributed by atoms with van der Waals surface area (Å²) in [6, 6.07) is 0. The molecule has 0 aliphatic rings. The number of rotatable bonds is 36. The second-order valence-corrected chi connectivity index (χ2v) is 14.8. The Morgan fingerprint density at radius 1 is 0.438 bits per heavy atom. The molecule has 0 aliphatic heterocycles. The van der Waals surface area contributed by atoms with Crippen molar-refractivity contribution in [2.75, 3.05) is 0 Å². The van der Waals surface area contributed by atoms with Crippen LogP contribution in [0.3, 0.4) is 0 Å². The van der Waals surface area contributed by atoms with E-state index in [1.165, 1.54) is 154 Å². The molecule has 0 fully saturated rings. The Morgan fingerprint density at radius 3 is 0.917 bits per heavy atom. The molecule has 0 aromatic heterocycles. The Balaban J connectivity index is 0. The lowest BCUT2D eigenvalue weighted by molar-refractivity contribution is -0.270. The summed E-state index contributed by atoms with van der Waals surface area (Å²) < 4.78 is 11.4. The van der Waals surface area contributed by atoms with Crippen LogP contribution in [0.25, 0.3) is 0 Å². The van der Waals surface area contributed by atoms with Crippen LogP contribution in [0.1, 0.15) is 241 Å². The molecule has 288 valence electrons. The zero-order valence-corrected chi connectivity index (χ0v) is 33.1. The fraction of sp³-hybridized carbons (Fsp3) is 0.952. The molecule has 6 heteroatoms. The fourth-order valence-corrected chi connectivity index (χ4v) is 6.31. The van der Waals surface area contributed by atoms with E-state index in [0.717, 1.165) is 32.1 Å². The van der Waals surface area contributed by atoms with Crippen molar-refractivity contribution >= 4 is 11.9 Å². The van der Waals surface area contributed by atoms with Crippen LogP contribution in [0.4, 0.5) is 0 Å². The number of hydrogen-bond acceptors (Lipinski definition) is 4. The highest BCUT2D eigenvalue weighted by molar-refractivity contribution is 5.75. The number of ether oxygens (including phenoxy) is 2. The largest absolute Gasteiger partial charge is 0.481 e. The van der Waals surface area contributed by atoms with Crippen molar-refractivity contribution in [3.63, 3.8) is 0 Å². The second-order valence-electron chi connectivity index (χ2n) is 14.8. The minimum Gasteiger partial charge on any atom is -0.481 e. The zero-order chi connectivity index (χ0) is 36.1. The third-order valence-corrected chi connectivity index (χ3v) is 9.03. The van der Waals surface area contributed by atoms with E-state index in [2.05, 4.69) is 13.8 Å². The predicted molar refractivity (Wildman–Crippen MR) is 205 cm³/mol. The first-order valence-corrected chi connectivity index (χ1v) is 20.9. The molecule has 0 saturated heterocycles. The van der Waals surface area contributed by atoms with Crippen LogP contribution in [0.2, 0.25) is 0 Å². The van der Waals surface area contributed by atoms with Crippen LogP contribution in [-0.2, 0) is 19.1 Å². The minimum atomic E-state index is -1.50. The van der Waals surface area contributed by atoms with Crippen molar-refractivity contribution in [2.24, 2.45) is 0 Å². The molecule has 48 heavy (non-hydrogen) atoms. The summed E-state index contributed by atoms with van der Waals surface area (Å²) >= 11 is 0. The smallest absolute Gasteiger partial charge is 0.364 e. The average Bonchev–Trinajstić information content (AvgIpc) is 3.02. The second kappa shape index (κ2) is 37.1. The third-order valence-electron chi connectivity index (χ3n) is 9.03. The van der Waals surface area contributed by atoms with E-state index in [1.54, 1.807) is 0 Å². The lowest BCUT2D eigenvalue weighted by Gasteiger charge is -2.33. The van der Waals surface area contributed by atoms with Crippen molar-refractivity contribution in [3.8, 4) is 0 Å². The Hall–Kier alpha value is -1.14. The Morgan fingerprint density at radius 2 is 0.688 bits per heavy atom. The highest BCUT2D eigenvalue weighted by Crippen LogP contribution is 2.26. The van der Waals surface area contributed by atoms with Gasteiger partial charge >= 0.3 is 11.9 Å². The summed E-state index contributed by atoms with van der Waals surface area (Å²) in [6.07, 6.45) is 38.2. The molecule has 2 N–H and O–H groups in total. The molecule has 0 bridgehead atoms.